The Balaban J connectivity index is 1.74. The molecule has 4 rings (SSSR count). The van der Waals surface area contributed by atoms with Gasteiger partial charge in [0.05, 0.1) is 26.7 Å². The van der Waals surface area contributed by atoms with Crippen molar-refractivity contribution in [2.45, 2.75) is 43.4 Å². The molecule has 0 aromatic heterocycles. The van der Waals surface area contributed by atoms with Crippen LogP contribution in [0.1, 0.15) is 34.9 Å². The van der Waals surface area contributed by atoms with E-state index in [-0.39, 0.29) is 47.2 Å². The molecule has 2 aromatic carbocycles. The second kappa shape index (κ2) is 9.56. The molecule has 0 bridgehead atoms. The molecule has 1 aliphatic heterocycles. The van der Waals surface area contributed by atoms with Crippen LogP contribution in [0, 0.1) is 5.92 Å². The fourth-order valence-electron chi connectivity index (χ4n) is 4.46. The predicted octanol–water partition coefficient (Wildman–Crippen LogP) is 1.25. The van der Waals surface area contributed by atoms with Crippen molar-refractivity contribution in [2.24, 2.45) is 5.92 Å². The van der Waals surface area contributed by atoms with Crippen LogP contribution in [-0.4, -0.2) is 71.5 Å². The average molecular weight is 460 g/mol. The number of carbonyl (C=O) groups excluding carboxylic acids is 1. The van der Waals surface area contributed by atoms with E-state index in [0.29, 0.717) is 0 Å². The van der Waals surface area contributed by atoms with Crippen LogP contribution >= 0.6 is 0 Å². The van der Waals surface area contributed by atoms with Crippen molar-refractivity contribution in [1.82, 2.24) is 0 Å². The predicted molar refractivity (Wildman–Crippen MR) is 116 cm³/mol. The van der Waals surface area contributed by atoms with Crippen molar-refractivity contribution < 1.29 is 44.2 Å². The van der Waals surface area contributed by atoms with Crippen LogP contribution in [0.2, 0.25) is 0 Å². The average Bonchev–Trinajstić information content (AvgIpc) is 2.84. The van der Waals surface area contributed by atoms with Crippen molar-refractivity contribution in [2.75, 3.05) is 20.8 Å². The molecule has 2 aromatic rings. The first-order valence-corrected chi connectivity index (χ1v) is 10.7. The van der Waals surface area contributed by atoms with Crippen molar-refractivity contribution >= 4 is 5.78 Å². The van der Waals surface area contributed by atoms with Gasteiger partial charge in [0.25, 0.3) is 0 Å². The van der Waals surface area contributed by atoms with E-state index in [1.807, 2.05) is 30.3 Å². The Labute approximate surface area is 191 Å². The zero-order chi connectivity index (χ0) is 23.7. The lowest BCUT2D eigenvalue weighted by Gasteiger charge is -2.40. The molecule has 1 aliphatic carbocycles. The molecule has 6 atom stereocenters. The molecule has 0 saturated heterocycles. The van der Waals surface area contributed by atoms with E-state index in [9.17, 15) is 25.2 Å². The molecule has 2 aliphatic rings. The number of ether oxygens (including phenoxy) is 4. The smallest absolute Gasteiger partial charge is 0.204 e. The molecule has 0 unspecified atom stereocenters. The summed E-state index contributed by atoms with van der Waals surface area (Å²) in [7, 11) is 2.87. The third kappa shape index (κ3) is 4.24. The first kappa shape index (κ1) is 23.3. The number of benzene rings is 2. The van der Waals surface area contributed by atoms with E-state index < -0.39 is 43.0 Å². The SMILES string of the molecule is COc1cc(O[C@H]2C[C@H](CO)[C@@H](O)[C@H](O)[C@H]2O)c2c(c1OC)O[C@@H](c1ccccc1)CC2=O. The van der Waals surface area contributed by atoms with Crippen molar-refractivity contribution in [3.05, 3.63) is 47.5 Å². The van der Waals surface area contributed by atoms with Gasteiger partial charge in [-0.1, -0.05) is 30.3 Å². The van der Waals surface area contributed by atoms with Gasteiger partial charge in [-0.05, 0) is 12.0 Å². The highest BCUT2D eigenvalue weighted by Crippen LogP contribution is 2.50. The van der Waals surface area contributed by atoms with Crippen molar-refractivity contribution in [3.8, 4) is 23.0 Å². The lowest BCUT2D eigenvalue weighted by molar-refractivity contribution is -0.157. The number of fused-ring (bicyclic) bond motifs is 1. The van der Waals surface area contributed by atoms with E-state index in [4.69, 9.17) is 18.9 Å². The number of methoxy groups -OCH3 is 2. The molecule has 9 heteroatoms. The Morgan fingerprint density at radius 2 is 1.73 bits per heavy atom. The molecule has 178 valence electrons. The normalized spacial score (nSPS) is 29.1. The van der Waals surface area contributed by atoms with Gasteiger partial charge in [0.15, 0.2) is 17.3 Å². The van der Waals surface area contributed by atoms with Crippen LogP contribution in [0.15, 0.2) is 36.4 Å². The van der Waals surface area contributed by atoms with E-state index in [1.54, 1.807) is 0 Å². The number of hydrogen-bond donors (Lipinski definition) is 4. The number of aliphatic hydroxyl groups excluding tert-OH is 4. The summed E-state index contributed by atoms with van der Waals surface area (Å²) in [5, 5.41) is 40.3. The molecular formula is C24H28O9. The summed E-state index contributed by atoms with van der Waals surface area (Å²) in [5.74, 6) is -0.173. The van der Waals surface area contributed by atoms with Crippen LogP contribution in [0.25, 0.3) is 0 Å². The van der Waals surface area contributed by atoms with Crippen LogP contribution in [0.3, 0.4) is 0 Å². The van der Waals surface area contributed by atoms with Gasteiger partial charge in [-0.2, -0.15) is 0 Å². The topological polar surface area (TPSA) is 135 Å². The molecule has 9 nitrogen and oxygen atoms in total. The summed E-state index contributed by atoms with van der Waals surface area (Å²) in [6, 6.07) is 10.8. The molecule has 1 heterocycles. The Bertz CT molecular complexity index is 991. The van der Waals surface area contributed by atoms with Gasteiger partial charge in [0.2, 0.25) is 5.75 Å². The van der Waals surface area contributed by atoms with Crippen LogP contribution in [-0.2, 0) is 0 Å². The monoisotopic (exact) mass is 460 g/mol. The summed E-state index contributed by atoms with van der Waals surface area (Å²) < 4.78 is 23.1. The molecule has 0 amide bonds. The summed E-state index contributed by atoms with van der Waals surface area (Å²) >= 11 is 0. The molecule has 1 saturated carbocycles. The number of ketones is 1. The summed E-state index contributed by atoms with van der Waals surface area (Å²) in [5.41, 5.74) is 0.975. The minimum atomic E-state index is -1.51. The summed E-state index contributed by atoms with van der Waals surface area (Å²) in [4.78, 5) is 13.3. The largest absolute Gasteiger partial charge is 0.493 e. The Morgan fingerprint density at radius 3 is 2.36 bits per heavy atom. The lowest BCUT2D eigenvalue weighted by atomic mass is 9.81. The zero-order valence-electron chi connectivity index (χ0n) is 18.4. The van der Waals surface area contributed by atoms with E-state index in [0.717, 1.165) is 5.56 Å². The lowest BCUT2D eigenvalue weighted by Crippen LogP contribution is -2.56. The molecule has 0 spiro atoms. The third-order valence-corrected chi connectivity index (χ3v) is 6.28. The highest BCUT2D eigenvalue weighted by Gasteiger charge is 2.44. The quantitative estimate of drug-likeness (QED) is 0.502. The van der Waals surface area contributed by atoms with Crippen LogP contribution in [0.5, 0.6) is 23.0 Å². The second-order valence-electron chi connectivity index (χ2n) is 8.27. The zero-order valence-corrected chi connectivity index (χ0v) is 18.4. The van der Waals surface area contributed by atoms with Gasteiger partial charge in [0.1, 0.15) is 35.7 Å². The first-order valence-electron chi connectivity index (χ1n) is 10.7. The third-order valence-electron chi connectivity index (χ3n) is 6.28. The summed E-state index contributed by atoms with van der Waals surface area (Å²) in [6.45, 7) is -0.393. The van der Waals surface area contributed by atoms with Gasteiger partial charge in [-0.3, -0.25) is 4.79 Å². The minimum Gasteiger partial charge on any atom is -0.493 e. The minimum absolute atomic E-state index is 0.0662. The van der Waals surface area contributed by atoms with Crippen molar-refractivity contribution in [1.29, 1.82) is 0 Å². The van der Waals surface area contributed by atoms with E-state index in [2.05, 4.69) is 0 Å². The molecular weight excluding hydrogens is 432 g/mol. The molecule has 33 heavy (non-hydrogen) atoms. The number of hydrogen-bond acceptors (Lipinski definition) is 9. The van der Waals surface area contributed by atoms with Crippen molar-refractivity contribution in [3.63, 3.8) is 0 Å². The molecule has 4 N–H and O–H groups in total. The van der Waals surface area contributed by atoms with Crippen LogP contribution < -0.4 is 18.9 Å². The Hall–Kier alpha value is -2.85. The fraction of sp³-hybridized carbons (Fsp3) is 0.458. The summed E-state index contributed by atoms with van der Waals surface area (Å²) in [6.07, 6.45) is -5.61. The van der Waals surface area contributed by atoms with E-state index >= 15 is 0 Å². The van der Waals surface area contributed by atoms with E-state index in [1.165, 1.54) is 20.3 Å². The van der Waals surface area contributed by atoms with Gasteiger partial charge >= 0.3 is 0 Å². The second-order valence-corrected chi connectivity index (χ2v) is 8.27. The standard InChI is InChI=1S/C24H28O9/c1-30-18-10-16(32-17-8-13(11-25)20(27)22(29)21(17)28)19-14(26)9-15(12-6-4-3-5-7-12)33-24(19)23(18)31-2/h3-7,10,13,15,17,20-22,25,27-29H,8-9,11H2,1-2H3/t13-,15-,17+,20-,21+,22+/m1/s1. The van der Waals surface area contributed by atoms with Crippen LogP contribution in [0.4, 0.5) is 0 Å². The number of rotatable bonds is 6. The number of Topliss-reactive ketones (excluding diaryl/α,β-unsaturated/α-hetero) is 1. The maximum Gasteiger partial charge on any atom is 0.204 e. The Kier molecular flexibility index (Phi) is 6.76. The van der Waals surface area contributed by atoms with Gasteiger partial charge in [-0.15, -0.1) is 0 Å². The maximum absolute atomic E-state index is 13.3. The molecule has 0 radical (unpaired) electrons. The van der Waals surface area contributed by atoms with Gasteiger partial charge in [0, 0.05) is 18.6 Å². The Morgan fingerprint density at radius 1 is 1.00 bits per heavy atom. The first-order chi connectivity index (χ1) is 15.9. The highest BCUT2D eigenvalue weighted by atomic mass is 16.5. The fourth-order valence-corrected chi connectivity index (χ4v) is 4.46. The van der Waals surface area contributed by atoms with Gasteiger partial charge in [-0.25, -0.2) is 0 Å². The maximum atomic E-state index is 13.3. The highest BCUT2D eigenvalue weighted by molar-refractivity contribution is 6.04. The molecule has 1 fully saturated rings. The van der Waals surface area contributed by atoms with Gasteiger partial charge < -0.3 is 39.4 Å². The number of carbonyl (C=O) groups is 1. The number of aliphatic hydroxyl groups is 4.